The van der Waals surface area contributed by atoms with Crippen molar-refractivity contribution in [3.05, 3.63) is 6.33 Å². The van der Waals surface area contributed by atoms with Crippen LogP contribution in [0.5, 0.6) is 0 Å². The molecule has 0 aromatic carbocycles. The molecule has 0 spiro atoms. The molecule has 5 rings (SSSR count). The van der Waals surface area contributed by atoms with Gasteiger partial charge in [0.2, 0.25) is 5.95 Å². The minimum Gasteiger partial charge on any atom is -0.365 e. The molecule has 9 heteroatoms. The fourth-order valence-electron chi connectivity index (χ4n) is 7.09. The molecule has 0 atom stereocenters. The highest BCUT2D eigenvalue weighted by atomic mass is 15.2. The summed E-state index contributed by atoms with van der Waals surface area (Å²) in [7, 11) is 0. The number of aromatic nitrogens is 4. The zero-order valence-electron chi connectivity index (χ0n) is 26.0. The molecule has 0 radical (unpaired) electrons. The van der Waals surface area contributed by atoms with Gasteiger partial charge in [-0.25, -0.2) is 4.98 Å². The fourth-order valence-corrected chi connectivity index (χ4v) is 7.09. The van der Waals surface area contributed by atoms with Gasteiger partial charge in [-0.05, 0) is 96.8 Å². The van der Waals surface area contributed by atoms with Crippen LogP contribution in [0.2, 0.25) is 0 Å². The van der Waals surface area contributed by atoms with Crippen LogP contribution >= 0.6 is 0 Å². The number of piperidine rings is 1. The monoisotopic (exact) mass is 567 g/mol. The standard InChI is InChI=1S/C32H57N9/c1-3-5-18-39(19-6-4-2)20-9-21-40-22-16-27(17-23-40)35-30-29-31(41(24-34-29)28-10-7-8-11-28)38-32(37-30)36-26-14-12-25(33)13-15-26/h24-28H,3-23,33H2,1-2H3,(H2,35,36,37,38). The van der Waals surface area contributed by atoms with Gasteiger partial charge in [-0.3, -0.25) is 0 Å². The van der Waals surface area contributed by atoms with E-state index in [1.807, 2.05) is 6.33 Å². The number of anilines is 2. The molecule has 3 heterocycles. The molecule has 2 saturated carbocycles. The van der Waals surface area contributed by atoms with Crippen LogP contribution in [-0.4, -0.2) is 86.7 Å². The molecule has 2 aliphatic carbocycles. The number of likely N-dealkylation sites (tertiary alicyclic amines) is 1. The van der Waals surface area contributed by atoms with E-state index in [4.69, 9.17) is 20.7 Å². The molecule has 41 heavy (non-hydrogen) atoms. The first-order chi connectivity index (χ1) is 20.1. The topological polar surface area (TPSA) is 100 Å². The molecule has 9 nitrogen and oxygen atoms in total. The molecule has 230 valence electrons. The Labute approximate surface area is 248 Å². The van der Waals surface area contributed by atoms with E-state index in [0.29, 0.717) is 24.2 Å². The molecule has 0 amide bonds. The van der Waals surface area contributed by atoms with Crippen molar-refractivity contribution in [1.29, 1.82) is 0 Å². The second-order valence-corrected chi connectivity index (χ2v) is 13.1. The van der Waals surface area contributed by atoms with E-state index in [1.165, 1.54) is 84.0 Å². The lowest BCUT2D eigenvalue weighted by Gasteiger charge is -2.33. The summed E-state index contributed by atoms with van der Waals surface area (Å²) >= 11 is 0. The average Bonchev–Trinajstić information content (AvgIpc) is 3.67. The smallest absolute Gasteiger partial charge is 0.227 e. The van der Waals surface area contributed by atoms with Crippen molar-refractivity contribution in [2.75, 3.05) is 49.9 Å². The van der Waals surface area contributed by atoms with E-state index < -0.39 is 0 Å². The Kier molecular flexibility index (Phi) is 11.5. The van der Waals surface area contributed by atoms with Crippen molar-refractivity contribution >= 4 is 22.9 Å². The van der Waals surface area contributed by atoms with Gasteiger partial charge in [0, 0.05) is 37.3 Å². The van der Waals surface area contributed by atoms with E-state index in [2.05, 4.69) is 38.8 Å². The maximum absolute atomic E-state index is 6.17. The van der Waals surface area contributed by atoms with Gasteiger partial charge in [0.25, 0.3) is 0 Å². The number of nitrogens with one attached hydrogen (secondary N) is 2. The number of hydrogen-bond donors (Lipinski definition) is 3. The molecule has 1 saturated heterocycles. The average molecular weight is 568 g/mol. The van der Waals surface area contributed by atoms with Crippen LogP contribution in [0.4, 0.5) is 11.8 Å². The quantitative estimate of drug-likeness (QED) is 0.249. The molecule has 4 N–H and O–H groups in total. The summed E-state index contributed by atoms with van der Waals surface area (Å²) in [6, 6.07) is 1.66. The Balaban J connectivity index is 1.19. The minimum atomic E-state index is 0.337. The minimum absolute atomic E-state index is 0.337. The van der Waals surface area contributed by atoms with Crippen LogP contribution in [0.1, 0.15) is 116 Å². The van der Waals surface area contributed by atoms with Crippen molar-refractivity contribution < 1.29 is 0 Å². The maximum atomic E-state index is 6.17. The van der Waals surface area contributed by atoms with Gasteiger partial charge in [-0.15, -0.1) is 0 Å². The van der Waals surface area contributed by atoms with E-state index in [-0.39, 0.29) is 0 Å². The lowest BCUT2D eigenvalue weighted by Crippen LogP contribution is -2.40. The normalized spacial score (nSPS) is 23.1. The Morgan fingerprint density at radius 2 is 1.49 bits per heavy atom. The van der Waals surface area contributed by atoms with Crippen molar-refractivity contribution in [3.63, 3.8) is 0 Å². The maximum Gasteiger partial charge on any atom is 0.227 e. The Morgan fingerprint density at radius 3 is 2.17 bits per heavy atom. The predicted molar refractivity (Wildman–Crippen MR) is 171 cm³/mol. The first kappa shape index (κ1) is 30.5. The lowest BCUT2D eigenvalue weighted by molar-refractivity contribution is 0.194. The zero-order valence-corrected chi connectivity index (χ0v) is 26.0. The molecule has 0 unspecified atom stereocenters. The Hall–Kier alpha value is -1.97. The van der Waals surface area contributed by atoms with Crippen LogP contribution in [0.15, 0.2) is 6.33 Å². The number of imidazole rings is 1. The molecule has 3 fully saturated rings. The van der Waals surface area contributed by atoms with E-state index in [9.17, 15) is 0 Å². The number of fused-ring (bicyclic) bond motifs is 1. The third-order valence-corrected chi connectivity index (χ3v) is 9.78. The van der Waals surface area contributed by atoms with Gasteiger partial charge in [-0.2, -0.15) is 9.97 Å². The van der Waals surface area contributed by atoms with Crippen LogP contribution in [0.25, 0.3) is 11.2 Å². The van der Waals surface area contributed by atoms with Gasteiger partial charge in [-0.1, -0.05) is 39.5 Å². The molecule has 0 bridgehead atoms. The van der Waals surface area contributed by atoms with Gasteiger partial charge in [0.15, 0.2) is 17.0 Å². The van der Waals surface area contributed by atoms with Crippen molar-refractivity contribution in [2.24, 2.45) is 5.73 Å². The van der Waals surface area contributed by atoms with Gasteiger partial charge >= 0.3 is 0 Å². The predicted octanol–water partition coefficient (Wildman–Crippen LogP) is 5.79. The molecule has 2 aromatic rings. The highest BCUT2D eigenvalue weighted by Crippen LogP contribution is 2.34. The van der Waals surface area contributed by atoms with Crippen molar-refractivity contribution in [3.8, 4) is 0 Å². The second-order valence-electron chi connectivity index (χ2n) is 13.1. The summed E-state index contributed by atoms with van der Waals surface area (Å²) in [5, 5.41) is 7.50. The first-order valence-electron chi connectivity index (χ1n) is 17.1. The SMILES string of the molecule is CCCCN(CCCC)CCCN1CCC(Nc2nc(NC3CCC(N)CC3)nc3c2ncn3C2CCCC2)CC1. The summed E-state index contributed by atoms with van der Waals surface area (Å²) < 4.78 is 2.32. The Morgan fingerprint density at radius 1 is 0.829 bits per heavy atom. The fraction of sp³-hybridized carbons (Fsp3) is 0.844. The van der Waals surface area contributed by atoms with Gasteiger partial charge in [0.1, 0.15) is 0 Å². The van der Waals surface area contributed by atoms with Gasteiger partial charge in [0.05, 0.1) is 6.33 Å². The van der Waals surface area contributed by atoms with Crippen molar-refractivity contribution in [2.45, 2.75) is 134 Å². The first-order valence-corrected chi connectivity index (χ1v) is 17.1. The van der Waals surface area contributed by atoms with Crippen LogP contribution in [0.3, 0.4) is 0 Å². The van der Waals surface area contributed by atoms with E-state index >= 15 is 0 Å². The summed E-state index contributed by atoms with van der Waals surface area (Å²) in [4.78, 5) is 20.3. The zero-order chi connectivity index (χ0) is 28.4. The molecule has 1 aliphatic heterocycles. The van der Waals surface area contributed by atoms with Crippen LogP contribution in [0, 0.1) is 0 Å². The summed E-state index contributed by atoms with van der Waals surface area (Å²) in [5.41, 5.74) is 8.08. The van der Waals surface area contributed by atoms with Crippen LogP contribution < -0.4 is 16.4 Å². The number of hydrogen-bond acceptors (Lipinski definition) is 8. The highest BCUT2D eigenvalue weighted by Gasteiger charge is 2.26. The van der Waals surface area contributed by atoms with E-state index in [1.54, 1.807) is 0 Å². The number of rotatable bonds is 15. The summed E-state index contributed by atoms with van der Waals surface area (Å²) in [5.74, 6) is 1.65. The molecular formula is C32H57N9. The third-order valence-electron chi connectivity index (χ3n) is 9.78. The number of nitrogens with zero attached hydrogens (tertiary/aromatic N) is 6. The Bertz CT molecular complexity index is 1030. The number of unbranched alkanes of at least 4 members (excludes halogenated alkanes) is 2. The molecule has 3 aliphatic rings. The third kappa shape index (κ3) is 8.54. The van der Waals surface area contributed by atoms with E-state index in [0.717, 1.165) is 74.5 Å². The van der Waals surface area contributed by atoms with Crippen molar-refractivity contribution in [1.82, 2.24) is 29.3 Å². The lowest BCUT2D eigenvalue weighted by atomic mass is 9.92. The van der Waals surface area contributed by atoms with Crippen LogP contribution in [-0.2, 0) is 0 Å². The highest BCUT2D eigenvalue weighted by molar-refractivity contribution is 5.84. The molecule has 2 aromatic heterocycles. The largest absolute Gasteiger partial charge is 0.365 e. The summed E-state index contributed by atoms with van der Waals surface area (Å²) in [6.07, 6.45) is 20.1. The second kappa shape index (κ2) is 15.5. The summed E-state index contributed by atoms with van der Waals surface area (Å²) in [6.45, 7) is 11.9. The van der Waals surface area contributed by atoms with Gasteiger partial charge < -0.3 is 30.7 Å². The molecular weight excluding hydrogens is 510 g/mol. The number of nitrogens with two attached hydrogens (primary N) is 1.